The lowest BCUT2D eigenvalue weighted by molar-refractivity contribution is 0.560. The van der Waals surface area contributed by atoms with Crippen molar-refractivity contribution in [2.75, 3.05) is 0 Å². The van der Waals surface area contributed by atoms with Gasteiger partial charge in [-0.2, -0.15) is 0 Å². The highest BCUT2D eigenvalue weighted by Gasteiger charge is 2.06. The van der Waals surface area contributed by atoms with Crippen LogP contribution in [0.25, 0.3) is 0 Å². The van der Waals surface area contributed by atoms with E-state index in [1.54, 1.807) is 0 Å². The van der Waals surface area contributed by atoms with Gasteiger partial charge in [-0.1, -0.05) is 23.7 Å². The van der Waals surface area contributed by atoms with Crippen molar-refractivity contribution < 1.29 is 0 Å². The smallest absolute Gasteiger partial charge is 0.0570 e. The highest BCUT2D eigenvalue weighted by Crippen LogP contribution is 2.16. The molecule has 0 amide bonds. The van der Waals surface area contributed by atoms with E-state index in [9.17, 15) is 0 Å². The van der Waals surface area contributed by atoms with Gasteiger partial charge >= 0.3 is 0 Å². The monoisotopic (exact) mass is 260 g/mol. The van der Waals surface area contributed by atoms with Crippen molar-refractivity contribution >= 4 is 11.6 Å². The molecule has 18 heavy (non-hydrogen) atoms. The lowest BCUT2D eigenvalue weighted by Gasteiger charge is -2.14. The number of aryl methyl sites for hydroxylation is 1. The van der Waals surface area contributed by atoms with Crippen molar-refractivity contribution in [2.45, 2.75) is 26.4 Å². The van der Waals surface area contributed by atoms with Gasteiger partial charge in [0.25, 0.3) is 0 Å². The summed E-state index contributed by atoms with van der Waals surface area (Å²) < 4.78 is 0. The van der Waals surface area contributed by atoms with Gasteiger partial charge in [-0.15, -0.1) is 0 Å². The van der Waals surface area contributed by atoms with Crippen molar-refractivity contribution in [3.05, 3.63) is 64.4 Å². The molecule has 94 valence electrons. The van der Waals surface area contributed by atoms with E-state index in [0.29, 0.717) is 0 Å². The molecular weight excluding hydrogens is 244 g/mol. The minimum absolute atomic E-state index is 0.237. The predicted molar refractivity (Wildman–Crippen MR) is 75.7 cm³/mol. The second-order valence-corrected chi connectivity index (χ2v) is 4.86. The molecule has 0 saturated carbocycles. The van der Waals surface area contributed by atoms with Crippen molar-refractivity contribution in [1.82, 2.24) is 10.3 Å². The molecule has 0 aliphatic heterocycles. The molecule has 1 N–H and O–H groups in total. The van der Waals surface area contributed by atoms with Crippen LogP contribution in [0.15, 0.2) is 42.6 Å². The van der Waals surface area contributed by atoms with Crippen LogP contribution in [0.3, 0.4) is 0 Å². The lowest BCUT2D eigenvalue weighted by Crippen LogP contribution is -2.19. The molecule has 2 rings (SSSR count). The summed E-state index contributed by atoms with van der Waals surface area (Å²) >= 11 is 5.95. The Morgan fingerprint density at radius 2 is 2.11 bits per heavy atom. The second kappa shape index (κ2) is 5.98. The van der Waals surface area contributed by atoms with Crippen LogP contribution >= 0.6 is 11.6 Å². The molecule has 0 spiro atoms. The SMILES string of the molecule is Cc1cc(Cl)ccc1CN[C@@H](C)c1ccccn1. The summed E-state index contributed by atoms with van der Waals surface area (Å²) in [4.78, 5) is 4.34. The number of hydrogen-bond donors (Lipinski definition) is 1. The fourth-order valence-electron chi connectivity index (χ4n) is 1.86. The van der Waals surface area contributed by atoms with E-state index >= 15 is 0 Å². The molecule has 1 heterocycles. The van der Waals surface area contributed by atoms with Crippen LogP contribution in [0.4, 0.5) is 0 Å². The van der Waals surface area contributed by atoms with Crippen molar-refractivity contribution in [2.24, 2.45) is 0 Å². The highest BCUT2D eigenvalue weighted by molar-refractivity contribution is 6.30. The Balaban J connectivity index is 1.99. The first-order chi connectivity index (χ1) is 8.66. The third kappa shape index (κ3) is 3.31. The number of nitrogens with zero attached hydrogens (tertiary/aromatic N) is 1. The van der Waals surface area contributed by atoms with Gasteiger partial charge in [0.15, 0.2) is 0 Å². The number of aromatic nitrogens is 1. The fraction of sp³-hybridized carbons (Fsp3) is 0.267. The number of benzene rings is 1. The first-order valence-electron chi connectivity index (χ1n) is 6.06. The van der Waals surface area contributed by atoms with Crippen LogP contribution < -0.4 is 5.32 Å². The summed E-state index contributed by atoms with van der Waals surface area (Å²) in [6, 6.07) is 12.2. The van der Waals surface area contributed by atoms with E-state index in [-0.39, 0.29) is 6.04 Å². The molecule has 2 aromatic rings. The first kappa shape index (κ1) is 13.1. The van der Waals surface area contributed by atoms with Gasteiger partial charge < -0.3 is 5.32 Å². The zero-order chi connectivity index (χ0) is 13.0. The number of halogens is 1. The molecule has 1 aromatic carbocycles. The van der Waals surface area contributed by atoms with Gasteiger partial charge in [0, 0.05) is 23.8 Å². The highest BCUT2D eigenvalue weighted by atomic mass is 35.5. The summed E-state index contributed by atoms with van der Waals surface area (Å²) in [5.74, 6) is 0. The van der Waals surface area contributed by atoms with Crippen LogP contribution in [0.2, 0.25) is 5.02 Å². The van der Waals surface area contributed by atoms with E-state index in [0.717, 1.165) is 17.3 Å². The summed E-state index contributed by atoms with van der Waals surface area (Å²) in [5.41, 5.74) is 3.54. The first-order valence-corrected chi connectivity index (χ1v) is 6.44. The molecular formula is C15H17ClN2. The Bertz CT molecular complexity index is 511. The topological polar surface area (TPSA) is 24.9 Å². The zero-order valence-electron chi connectivity index (χ0n) is 10.7. The van der Waals surface area contributed by atoms with Crippen LogP contribution in [-0.2, 0) is 6.54 Å². The normalized spacial score (nSPS) is 12.4. The lowest BCUT2D eigenvalue weighted by atomic mass is 10.1. The molecule has 0 bridgehead atoms. The summed E-state index contributed by atoms with van der Waals surface area (Å²) in [6.07, 6.45) is 1.82. The number of hydrogen-bond acceptors (Lipinski definition) is 2. The molecule has 0 fully saturated rings. The Labute approximate surface area is 113 Å². The predicted octanol–water partition coefficient (Wildman–Crippen LogP) is 3.89. The van der Waals surface area contributed by atoms with E-state index < -0.39 is 0 Å². The maximum Gasteiger partial charge on any atom is 0.0570 e. The van der Waals surface area contributed by atoms with E-state index in [4.69, 9.17) is 11.6 Å². The van der Waals surface area contributed by atoms with E-state index in [1.165, 1.54) is 11.1 Å². The molecule has 0 aliphatic carbocycles. The van der Waals surface area contributed by atoms with Crippen LogP contribution in [0.5, 0.6) is 0 Å². The average molecular weight is 261 g/mol. The molecule has 2 nitrogen and oxygen atoms in total. The summed E-state index contributed by atoms with van der Waals surface area (Å²) in [5, 5.41) is 4.26. The Morgan fingerprint density at radius 1 is 1.28 bits per heavy atom. The van der Waals surface area contributed by atoms with Crippen molar-refractivity contribution in [3.8, 4) is 0 Å². The molecule has 0 unspecified atom stereocenters. The Hall–Kier alpha value is -1.38. The van der Waals surface area contributed by atoms with Crippen LogP contribution in [0.1, 0.15) is 29.8 Å². The summed E-state index contributed by atoms with van der Waals surface area (Å²) in [6.45, 7) is 5.02. The van der Waals surface area contributed by atoms with Crippen molar-refractivity contribution in [3.63, 3.8) is 0 Å². The van der Waals surface area contributed by atoms with E-state index in [1.807, 2.05) is 36.5 Å². The zero-order valence-corrected chi connectivity index (χ0v) is 11.4. The van der Waals surface area contributed by atoms with Crippen molar-refractivity contribution in [1.29, 1.82) is 0 Å². The number of pyridine rings is 1. The molecule has 1 atom stereocenters. The average Bonchev–Trinajstić information content (AvgIpc) is 2.38. The molecule has 1 aromatic heterocycles. The maximum absolute atomic E-state index is 5.95. The third-order valence-electron chi connectivity index (χ3n) is 3.03. The maximum atomic E-state index is 5.95. The Kier molecular flexibility index (Phi) is 4.34. The summed E-state index contributed by atoms with van der Waals surface area (Å²) in [7, 11) is 0. The largest absolute Gasteiger partial charge is 0.305 e. The van der Waals surface area contributed by atoms with Gasteiger partial charge in [0.1, 0.15) is 0 Å². The van der Waals surface area contributed by atoms with Gasteiger partial charge in [-0.05, 0) is 49.2 Å². The van der Waals surface area contributed by atoms with Gasteiger partial charge in [-0.3, -0.25) is 4.98 Å². The van der Waals surface area contributed by atoms with Crippen LogP contribution in [0, 0.1) is 6.92 Å². The minimum atomic E-state index is 0.237. The van der Waals surface area contributed by atoms with Crippen LogP contribution in [-0.4, -0.2) is 4.98 Å². The Morgan fingerprint density at radius 3 is 2.78 bits per heavy atom. The fourth-order valence-corrected chi connectivity index (χ4v) is 2.08. The molecule has 0 saturated heterocycles. The number of nitrogens with one attached hydrogen (secondary N) is 1. The van der Waals surface area contributed by atoms with Gasteiger partial charge in [0.2, 0.25) is 0 Å². The standard InChI is InChI=1S/C15H17ClN2/c1-11-9-14(16)7-6-13(11)10-18-12(2)15-5-3-4-8-17-15/h3-9,12,18H,10H2,1-2H3/t12-/m0/s1. The molecule has 3 heteroatoms. The molecule has 0 aliphatic rings. The van der Waals surface area contributed by atoms with E-state index in [2.05, 4.69) is 30.2 Å². The second-order valence-electron chi connectivity index (χ2n) is 4.43. The minimum Gasteiger partial charge on any atom is -0.305 e. The van der Waals surface area contributed by atoms with Gasteiger partial charge in [-0.25, -0.2) is 0 Å². The quantitative estimate of drug-likeness (QED) is 0.902. The molecule has 0 radical (unpaired) electrons. The van der Waals surface area contributed by atoms with Gasteiger partial charge in [0.05, 0.1) is 5.69 Å². The number of rotatable bonds is 4. The third-order valence-corrected chi connectivity index (χ3v) is 3.27.